The maximum absolute atomic E-state index is 11.7. The summed E-state index contributed by atoms with van der Waals surface area (Å²) < 4.78 is 0. The molecule has 0 aromatic carbocycles. The van der Waals surface area contributed by atoms with Crippen molar-refractivity contribution in [3.63, 3.8) is 0 Å². The third kappa shape index (κ3) is 3.53. The summed E-state index contributed by atoms with van der Waals surface area (Å²) in [5.74, 6) is -0.798. The number of piperidine rings is 1. The van der Waals surface area contributed by atoms with Crippen LogP contribution in [0.15, 0.2) is 0 Å². The second kappa shape index (κ2) is 5.14. The summed E-state index contributed by atoms with van der Waals surface area (Å²) in [6.07, 6.45) is 2.20. The van der Waals surface area contributed by atoms with Crippen molar-refractivity contribution in [1.29, 1.82) is 0 Å². The molecule has 1 atom stereocenters. The molecule has 1 aliphatic heterocycles. The molecule has 4 nitrogen and oxygen atoms in total. The molecule has 0 aromatic heterocycles. The quantitative estimate of drug-likeness (QED) is 0.770. The molecule has 0 aromatic rings. The lowest BCUT2D eigenvalue weighted by Gasteiger charge is -2.30. The number of aliphatic carboxylic acids is 1. The van der Waals surface area contributed by atoms with Gasteiger partial charge >= 0.3 is 5.97 Å². The maximum Gasteiger partial charge on any atom is 0.306 e. The van der Waals surface area contributed by atoms with Crippen molar-refractivity contribution in [2.45, 2.75) is 33.1 Å². The Morgan fingerprint density at radius 1 is 1.40 bits per heavy atom. The van der Waals surface area contributed by atoms with Crippen molar-refractivity contribution in [2.75, 3.05) is 13.1 Å². The average Bonchev–Trinajstić information content (AvgIpc) is 2.18. The predicted molar refractivity (Wildman–Crippen MR) is 56.4 cm³/mol. The van der Waals surface area contributed by atoms with Crippen LogP contribution in [0.2, 0.25) is 0 Å². The number of nitrogens with zero attached hydrogens (tertiary/aromatic N) is 1. The lowest BCUT2D eigenvalue weighted by molar-refractivity contribution is -0.145. The zero-order valence-electron chi connectivity index (χ0n) is 9.40. The minimum Gasteiger partial charge on any atom is -0.481 e. The molecule has 15 heavy (non-hydrogen) atoms. The fourth-order valence-corrected chi connectivity index (χ4v) is 1.74. The number of likely N-dealkylation sites (tertiary alicyclic amines) is 1. The van der Waals surface area contributed by atoms with E-state index in [-0.39, 0.29) is 12.3 Å². The smallest absolute Gasteiger partial charge is 0.306 e. The van der Waals surface area contributed by atoms with Crippen LogP contribution in [0.4, 0.5) is 0 Å². The first kappa shape index (κ1) is 12.0. The number of carboxylic acid groups (broad SMARTS) is 1. The summed E-state index contributed by atoms with van der Waals surface area (Å²) in [5, 5.41) is 8.70. The van der Waals surface area contributed by atoms with Gasteiger partial charge in [-0.3, -0.25) is 9.59 Å². The first-order chi connectivity index (χ1) is 7.00. The SMILES string of the molecule is CC1CCN(C(=O)CC(C)C(=O)O)CC1. The first-order valence-corrected chi connectivity index (χ1v) is 5.51. The lowest BCUT2D eigenvalue weighted by atomic mass is 9.98. The van der Waals surface area contributed by atoms with Crippen molar-refractivity contribution < 1.29 is 14.7 Å². The molecule has 1 N–H and O–H groups in total. The lowest BCUT2D eigenvalue weighted by Crippen LogP contribution is -2.39. The summed E-state index contributed by atoms with van der Waals surface area (Å²) in [5.41, 5.74) is 0. The number of hydrogen-bond donors (Lipinski definition) is 1. The number of carboxylic acids is 1. The van der Waals surface area contributed by atoms with Gasteiger partial charge in [0.15, 0.2) is 0 Å². The van der Waals surface area contributed by atoms with Crippen LogP contribution >= 0.6 is 0 Å². The van der Waals surface area contributed by atoms with E-state index in [0.717, 1.165) is 25.9 Å². The Balaban J connectivity index is 2.37. The standard InChI is InChI=1S/C11H19NO3/c1-8-3-5-12(6-4-8)10(13)7-9(2)11(14)15/h8-9H,3-7H2,1-2H3,(H,14,15). The van der Waals surface area contributed by atoms with E-state index in [0.29, 0.717) is 5.92 Å². The van der Waals surface area contributed by atoms with E-state index in [9.17, 15) is 9.59 Å². The Morgan fingerprint density at radius 2 is 1.93 bits per heavy atom. The Hall–Kier alpha value is -1.06. The molecule has 86 valence electrons. The van der Waals surface area contributed by atoms with Crippen LogP contribution in [0.25, 0.3) is 0 Å². The summed E-state index contributed by atoms with van der Waals surface area (Å²) in [6.45, 7) is 5.33. The van der Waals surface area contributed by atoms with E-state index < -0.39 is 11.9 Å². The molecule has 1 amide bonds. The molecular formula is C11H19NO3. The van der Waals surface area contributed by atoms with Crippen molar-refractivity contribution in [2.24, 2.45) is 11.8 Å². The summed E-state index contributed by atoms with van der Waals surface area (Å²) in [6, 6.07) is 0. The highest BCUT2D eigenvalue weighted by atomic mass is 16.4. The minimum absolute atomic E-state index is 0.0169. The van der Waals surface area contributed by atoms with Crippen LogP contribution in [-0.2, 0) is 9.59 Å². The molecule has 1 aliphatic rings. The van der Waals surface area contributed by atoms with Gasteiger partial charge in [0, 0.05) is 19.5 Å². The summed E-state index contributed by atoms with van der Waals surface area (Å²) in [4.78, 5) is 24.1. The Kier molecular flexibility index (Phi) is 4.12. The molecule has 1 heterocycles. The zero-order chi connectivity index (χ0) is 11.4. The summed E-state index contributed by atoms with van der Waals surface area (Å²) >= 11 is 0. The Morgan fingerprint density at radius 3 is 2.40 bits per heavy atom. The predicted octanol–water partition coefficient (Wildman–Crippen LogP) is 1.36. The normalized spacial score (nSPS) is 20.0. The second-order valence-electron chi connectivity index (χ2n) is 4.51. The molecule has 1 rings (SSSR count). The number of carbonyl (C=O) groups excluding carboxylic acids is 1. The topological polar surface area (TPSA) is 57.6 Å². The van der Waals surface area contributed by atoms with Crippen molar-refractivity contribution >= 4 is 11.9 Å². The first-order valence-electron chi connectivity index (χ1n) is 5.51. The molecule has 0 radical (unpaired) electrons. The molecular weight excluding hydrogens is 194 g/mol. The average molecular weight is 213 g/mol. The minimum atomic E-state index is -0.895. The van der Waals surface area contributed by atoms with Crippen molar-refractivity contribution in [3.05, 3.63) is 0 Å². The van der Waals surface area contributed by atoms with Gasteiger partial charge in [0.2, 0.25) is 5.91 Å². The van der Waals surface area contributed by atoms with Crippen molar-refractivity contribution in [1.82, 2.24) is 4.90 Å². The van der Waals surface area contributed by atoms with Gasteiger partial charge in [-0.1, -0.05) is 13.8 Å². The fourth-order valence-electron chi connectivity index (χ4n) is 1.74. The van der Waals surface area contributed by atoms with E-state index in [1.807, 2.05) is 0 Å². The van der Waals surface area contributed by atoms with Gasteiger partial charge in [0.05, 0.1) is 5.92 Å². The largest absolute Gasteiger partial charge is 0.481 e. The van der Waals surface area contributed by atoms with E-state index in [1.165, 1.54) is 0 Å². The molecule has 1 saturated heterocycles. The molecule has 0 aliphatic carbocycles. The molecule has 1 unspecified atom stereocenters. The third-order valence-electron chi connectivity index (χ3n) is 3.04. The van der Waals surface area contributed by atoms with Crippen LogP contribution in [0.5, 0.6) is 0 Å². The zero-order valence-corrected chi connectivity index (χ0v) is 9.40. The van der Waals surface area contributed by atoms with Gasteiger partial charge in [-0.25, -0.2) is 0 Å². The fraction of sp³-hybridized carbons (Fsp3) is 0.818. The van der Waals surface area contributed by atoms with E-state index in [2.05, 4.69) is 6.92 Å². The highest BCUT2D eigenvalue weighted by molar-refractivity contribution is 5.82. The van der Waals surface area contributed by atoms with Gasteiger partial charge in [-0.05, 0) is 18.8 Å². The van der Waals surface area contributed by atoms with E-state index in [1.54, 1.807) is 11.8 Å². The number of amides is 1. The van der Waals surface area contributed by atoms with E-state index in [4.69, 9.17) is 5.11 Å². The van der Waals surface area contributed by atoms with Crippen molar-refractivity contribution in [3.8, 4) is 0 Å². The van der Waals surface area contributed by atoms with Gasteiger partial charge in [-0.15, -0.1) is 0 Å². The molecule has 1 fully saturated rings. The highest BCUT2D eigenvalue weighted by Gasteiger charge is 2.23. The van der Waals surface area contributed by atoms with Crippen LogP contribution < -0.4 is 0 Å². The van der Waals surface area contributed by atoms with E-state index >= 15 is 0 Å². The highest BCUT2D eigenvalue weighted by Crippen LogP contribution is 2.17. The van der Waals surface area contributed by atoms with Crippen LogP contribution in [0.3, 0.4) is 0 Å². The number of hydrogen-bond acceptors (Lipinski definition) is 2. The monoisotopic (exact) mass is 213 g/mol. The second-order valence-corrected chi connectivity index (χ2v) is 4.51. The van der Waals surface area contributed by atoms with Crippen LogP contribution in [0, 0.1) is 11.8 Å². The maximum atomic E-state index is 11.7. The van der Waals surface area contributed by atoms with Gasteiger partial charge in [-0.2, -0.15) is 0 Å². The number of carbonyl (C=O) groups is 2. The molecule has 0 saturated carbocycles. The molecule has 4 heteroatoms. The number of rotatable bonds is 3. The Labute approximate surface area is 90.3 Å². The van der Waals surface area contributed by atoms with Crippen LogP contribution in [-0.4, -0.2) is 35.0 Å². The van der Waals surface area contributed by atoms with Crippen LogP contribution in [0.1, 0.15) is 33.1 Å². The molecule has 0 bridgehead atoms. The van der Waals surface area contributed by atoms with Gasteiger partial charge in [0.25, 0.3) is 0 Å². The Bertz CT molecular complexity index is 244. The molecule has 0 spiro atoms. The third-order valence-corrected chi connectivity index (χ3v) is 3.04. The van der Waals surface area contributed by atoms with Gasteiger partial charge < -0.3 is 10.0 Å². The van der Waals surface area contributed by atoms with Gasteiger partial charge in [0.1, 0.15) is 0 Å². The summed E-state index contributed by atoms with van der Waals surface area (Å²) in [7, 11) is 0.